The summed E-state index contributed by atoms with van der Waals surface area (Å²) in [5.41, 5.74) is 0.771. The summed E-state index contributed by atoms with van der Waals surface area (Å²) in [5.74, 6) is -0.285. The van der Waals surface area contributed by atoms with Crippen molar-refractivity contribution in [2.45, 2.75) is 10.9 Å². The lowest BCUT2D eigenvalue weighted by atomic mass is 10.2. The number of nitrogens with one attached hydrogen (secondary N) is 2. The maximum atomic E-state index is 12.5. The van der Waals surface area contributed by atoms with Crippen molar-refractivity contribution in [2.75, 3.05) is 5.32 Å². The van der Waals surface area contributed by atoms with E-state index in [-0.39, 0.29) is 38.3 Å². The molecule has 0 spiro atoms. The van der Waals surface area contributed by atoms with Crippen LogP contribution in [0.5, 0.6) is 0 Å². The zero-order chi connectivity index (χ0) is 22.7. The number of benzene rings is 2. The third-order valence-corrected chi connectivity index (χ3v) is 7.24. The van der Waals surface area contributed by atoms with Crippen LogP contribution >= 0.6 is 34.5 Å². The molecule has 0 radical (unpaired) electrons. The molecule has 0 saturated heterocycles. The Balaban J connectivity index is 1.42. The Labute approximate surface area is 195 Å². The molecule has 1 amide bonds. The van der Waals surface area contributed by atoms with Crippen LogP contribution in [0, 0.1) is 0 Å². The minimum Gasteiger partial charge on any atom is -0.338 e. The highest BCUT2D eigenvalue weighted by atomic mass is 35.5. The van der Waals surface area contributed by atoms with E-state index in [1.165, 1.54) is 6.07 Å². The first-order chi connectivity index (χ1) is 15.3. The zero-order valence-electron chi connectivity index (χ0n) is 15.8. The maximum absolute atomic E-state index is 12.5. The maximum Gasteiger partial charge on any atom is 0.270 e. The fraction of sp³-hybridized carbons (Fsp3) is 0.0556. The van der Waals surface area contributed by atoms with Crippen LogP contribution in [0.25, 0.3) is 11.4 Å². The standard InChI is InChI=1S/C18H12Cl2N6O4S2/c19-12-7-3-1-5-10(12)15-22-14(30-26-15)9-21-32(28,29)18-25-24-17(31-18)23-16(27)11-6-2-4-8-13(11)20/h1-8,21H,9H2,(H,23,24,27). The molecule has 2 aromatic heterocycles. The third kappa shape index (κ3) is 4.95. The van der Waals surface area contributed by atoms with E-state index in [2.05, 4.69) is 30.4 Å². The molecule has 0 aliphatic carbocycles. The number of aromatic nitrogens is 4. The number of carbonyl (C=O) groups is 1. The first-order valence-corrected chi connectivity index (χ1v) is 11.9. The molecule has 164 valence electrons. The number of hydrogen-bond acceptors (Lipinski definition) is 9. The van der Waals surface area contributed by atoms with Crippen LogP contribution in [0.3, 0.4) is 0 Å². The van der Waals surface area contributed by atoms with E-state index in [1.807, 2.05) is 0 Å². The third-order valence-electron chi connectivity index (χ3n) is 3.97. The number of sulfonamides is 1. The van der Waals surface area contributed by atoms with Crippen LogP contribution in [0.15, 0.2) is 57.4 Å². The fourth-order valence-electron chi connectivity index (χ4n) is 2.48. The quantitative estimate of drug-likeness (QED) is 0.359. The normalized spacial score (nSPS) is 11.4. The van der Waals surface area contributed by atoms with E-state index in [0.29, 0.717) is 21.9 Å². The topological polar surface area (TPSA) is 140 Å². The largest absolute Gasteiger partial charge is 0.338 e. The fourth-order valence-corrected chi connectivity index (χ4v) is 4.83. The van der Waals surface area contributed by atoms with Gasteiger partial charge in [0.15, 0.2) is 0 Å². The van der Waals surface area contributed by atoms with Crippen molar-refractivity contribution in [3.8, 4) is 11.4 Å². The smallest absolute Gasteiger partial charge is 0.270 e. The van der Waals surface area contributed by atoms with E-state index < -0.39 is 15.9 Å². The average molecular weight is 511 g/mol. The van der Waals surface area contributed by atoms with Gasteiger partial charge < -0.3 is 4.52 Å². The molecule has 0 saturated carbocycles. The van der Waals surface area contributed by atoms with Gasteiger partial charge in [-0.2, -0.15) is 9.71 Å². The Morgan fingerprint density at radius 2 is 1.75 bits per heavy atom. The Morgan fingerprint density at radius 1 is 1.03 bits per heavy atom. The number of nitrogens with zero attached hydrogens (tertiary/aromatic N) is 4. The molecule has 0 unspecified atom stereocenters. The van der Waals surface area contributed by atoms with Crippen molar-refractivity contribution in [1.82, 2.24) is 25.1 Å². The predicted molar refractivity (Wildman–Crippen MR) is 118 cm³/mol. The summed E-state index contributed by atoms with van der Waals surface area (Å²) in [4.78, 5) is 16.4. The monoisotopic (exact) mass is 510 g/mol. The Kier molecular flexibility index (Phi) is 6.48. The summed E-state index contributed by atoms with van der Waals surface area (Å²) in [6.07, 6.45) is 0. The molecule has 4 aromatic rings. The second kappa shape index (κ2) is 9.30. The van der Waals surface area contributed by atoms with Crippen LogP contribution in [-0.2, 0) is 16.6 Å². The first-order valence-electron chi connectivity index (χ1n) is 8.80. The lowest BCUT2D eigenvalue weighted by molar-refractivity contribution is 0.102. The molecule has 0 bridgehead atoms. The number of halogens is 2. The van der Waals surface area contributed by atoms with E-state index in [4.69, 9.17) is 27.7 Å². The van der Waals surface area contributed by atoms with Crippen molar-refractivity contribution in [1.29, 1.82) is 0 Å². The minimum absolute atomic E-state index is 0.00547. The Morgan fingerprint density at radius 3 is 2.50 bits per heavy atom. The number of amides is 1. The zero-order valence-corrected chi connectivity index (χ0v) is 19.0. The average Bonchev–Trinajstić information content (AvgIpc) is 3.43. The molecular formula is C18H12Cl2N6O4S2. The highest BCUT2D eigenvalue weighted by Crippen LogP contribution is 2.25. The van der Waals surface area contributed by atoms with E-state index in [1.54, 1.807) is 42.5 Å². The summed E-state index contributed by atoms with van der Waals surface area (Å²) >= 11 is 12.8. The Hall–Kier alpha value is -2.90. The van der Waals surface area contributed by atoms with Crippen molar-refractivity contribution in [3.63, 3.8) is 0 Å². The summed E-state index contributed by atoms with van der Waals surface area (Å²) in [6.45, 7) is -0.277. The van der Waals surface area contributed by atoms with Gasteiger partial charge in [-0.15, -0.1) is 10.2 Å². The van der Waals surface area contributed by atoms with Gasteiger partial charge in [0.05, 0.1) is 22.2 Å². The van der Waals surface area contributed by atoms with Crippen molar-refractivity contribution in [3.05, 3.63) is 70.0 Å². The van der Waals surface area contributed by atoms with Crippen molar-refractivity contribution < 1.29 is 17.7 Å². The SMILES string of the molecule is O=C(Nc1nnc(S(=O)(=O)NCc2nc(-c3ccccc3Cl)no2)s1)c1ccccc1Cl. The molecule has 14 heteroatoms. The van der Waals surface area contributed by atoms with Gasteiger partial charge in [0.1, 0.15) is 0 Å². The van der Waals surface area contributed by atoms with E-state index in [0.717, 1.165) is 0 Å². The first kappa shape index (κ1) is 22.3. The van der Waals surface area contributed by atoms with Gasteiger partial charge in [-0.25, -0.2) is 8.42 Å². The highest BCUT2D eigenvalue weighted by Gasteiger charge is 2.23. The Bertz CT molecular complexity index is 1390. The lowest BCUT2D eigenvalue weighted by Gasteiger charge is -2.02. The van der Waals surface area contributed by atoms with Gasteiger partial charge in [0.25, 0.3) is 15.9 Å². The molecule has 0 atom stereocenters. The summed E-state index contributed by atoms with van der Waals surface area (Å²) < 4.78 is 32.0. The minimum atomic E-state index is -4.05. The van der Waals surface area contributed by atoms with E-state index in [9.17, 15) is 13.2 Å². The van der Waals surface area contributed by atoms with Crippen LogP contribution < -0.4 is 10.0 Å². The van der Waals surface area contributed by atoms with Crippen LogP contribution in [0.1, 0.15) is 16.2 Å². The lowest BCUT2D eigenvalue weighted by Crippen LogP contribution is -2.23. The van der Waals surface area contributed by atoms with Gasteiger partial charge in [-0.1, -0.05) is 64.0 Å². The molecule has 4 rings (SSSR count). The number of rotatable bonds is 7. The van der Waals surface area contributed by atoms with Gasteiger partial charge in [-0.3, -0.25) is 10.1 Å². The van der Waals surface area contributed by atoms with Gasteiger partial charge >= 0.3 is 0 Å². The number of anilines is 1. The molecule has 2 aromatic carbocycles. The molecule has 0 aliphatic heterocycles. The van der Waals surface area contributed by atoms with E-state index >= 15 is 0 Å². The molecule has 2 N–H and O–H groups in total. The second-order valence-electron chi connectivity index (χ2n) is 6.12. The summed E-state index contributed by atoms with van der Waals surface area (Å²) in [7, 11) is -4.05. The van der Waals surface area contributed by atoms with Gasteiger partial charge in [0, 0.05) is 5.56 Å². The van der Waals surface area contributed by atoms with Crippen molar-refractivity contribution in [2.24, 2.45) is 0 Å². The molecule has 32 heavy (non-hydrogen) atoms. The predicted octanol–water partition coefficient (Wildman–Crippen LogP) is 3.63. The highest BCUT2D eigenvalue weighted by molar-refractivity contribution is 7.91. The number of carbonyl (C=O) groups excluding carboxylic acids is 1. The molecule has 2 heterocycles. The molecule has 0 aliphatic rings. The summed E-state index contributed by atoms with van der Waals surface area (Å²) in [6, 6.07) is 13.3. The van der Waals surface area contributed by atoms with Crippen molar-refractivity contribution >= 4 is 55.6 Å². The molecule has 0 fully saturated rings. The van der Waals surface area contributed by atoms with Crippen LogP contribution in [0.2, 0.25) is 10.0 Å². The molecular weight excluding hydrogens is 499 g/mol. The second-order valence-corrected chi connectivity index (χ2v) is 9.86. The number of hydrogen-bond donors (Lipinski definition) is 2. The van der Waals surface area contributed by atoms with Crippen LogP contribution in [0.4, 0.5) is 5.13 Å². The van der Waals surface area contributed by atoms with Gasteiger partial charge in [0.2, 0.25) is 21.2 Å². The van der Waals surface area contributed by atoms with Crippen LogP contribution in [-0.4, -0.2) is 34.7 Å². The summed E-state index contributed by atoms with van der Waals surface area (Å²) in [5, 5.41) is 14.3. The van der Waals surface area contributed by atoms with Gasteiger partial charge in [-0.05, 0) is 24.3 Å². The molecule has 10 nitrogen and oxygen atoms in total.